The van der Waals surface area contributed by atoms with Gasteiger partial charge in [0.1, 0.15) is 0 Å². The molecule has 0 aliphatic carbocycles. The van der Waals surface area contributed by atoms with E-state index in [4.69, 9.17) is 4.74 Å². The fourth-order valence-electron chi connectivity index (χ4n) is 2.52. The summed E-state index contributed by atoms with van der Waals surface area (Å²) in [5, 5.41) is 16.1. The summed E-state index contributed by atoms with van der Waals surface area (Å²) >= 11 is 0. The molecule has 0 aromatic carbocycles. The number of rotatable bonds is 4. The monoisotopic (exact) mass is 281 g/mol. The van der Waals surface area contributed by atoms with Crippen molar-refractivity contribution in [2.24, 2.45) is 0 Å². The number of aryl methyl sites for hydroxylation is 2. The number of carboxylic acids is 1. The number of carboxylic acid groups (broad SMARTS) is 1. The summed E-state index contributed by atoms with van der Waals surface area (Å²) in [6, 6.07) is 0. The molecule has 1 aliphatic heterocycles. The van der Waals surface area contributed by atoms with Crippen LogP contribution in [0.25, 0.3) is 0 Å². The van der Waals surface area contributed by atoms with E-state index >= 15 is 0 Å². The number of nitrogens with one attached hydrogen (secondary N) is 1. The Morgan fingerprint density at radius 1 is 1.50 bits per heavy atom. The number of hydrogen-bond donors (Lipinski definition) is 2. The SMILES string of the molecule is COC1(C(=O)O)CCN(C(=O)Cc2c(C)n[nH]c2C)C1. The van der Waals surface area contributed by atoms with Gasteiger partial charge in [0.2, 0.25) is 5.91 Å². The van der Waals surface area contributed by atoms with Crippen LogP contribution < -0.4 is 0 Å². The Morgan fingerprint density at radius 3 is 2.65 bits per heavy atom. The van der Waals surface area contributed by atoms with Gasteiger partial charge in [0.25, 0.3) is 0 Å². The summed E-state index contributed by atoms with van der Waals surface area (Å²) in [6.45, 7) is 4.19. The number of aromatic amines is 1. The molecule has 1 saturated heterocycles. The fraction of sp³-hybridized carbons (Fsp3) is 0.615. The molecule has 110 valence electrons. The normalized spacial score (nSPS) is 22.2. The summed E-state index contributed by atoms with van der Waals surface area (Å²) < 4.78 is 5.11. The van der Waals surface area contributed by atoms with Gasteiger partial charge in [0.15, 0.2) is 5.60 Å². The van der Waals surface area contributed by atoms with E-state index in [-0.39, 0.29) is 18.9 Å². The van der Waals surface area contributed by atoms with Crippen molar-refractivity contribution in [1.29, 1.82) is 0 Å². The summed E-state index contributed by atoms with van der Waals surface area (Å²) in [5.74, 6) is -1.12. The topological polar surface area (TPSA) is 95.5 Å². The van der Waals surface area contributed by atoms with Crippen LogP contribution >= 0.6 is 0 Å². The van der Waals surface area contributed by atoms with Crippen molar-refractivity contribution in [3.05, 3.63) is 17.0 Å². The molecule has 7 nitrogen and oxygen atoms in total. The first-order valence-electron chi connectivity index (χ1n) is 6.46. The summed E-state index contributed by atoms with van der Waals surface area (Å²) in [6.07, 6.45) is 0.543. The van der Waals surface area contributed by atoms with Crippen molar-refractivity contribution in [2.75, 3.05) is 20.2 Å². The van der Waals surface area contributed by atoms with E-state index in [0.29, 0.717) is 13.0 Å². The average molecular weight is 281 g/mol. The van der Waals surface area contributed by atoms with Gasteiger partial charge in [0.05, 0.1) is 18.7 Å². The standard InChI is InChI=1S/C13H19N3O4/c1-8-10(9(2)15-14-8)6-11(17)16-5-4-13(7-16,20-3)12(18)19/h4-7H2,1-3H3,(H,14,15)(H,18,19). The Hall–Kier alpha value is -1.89. The molecule has 1 unspecified atom stereocenters. The van der Waals surface area contributed by atoms with Crippen molar-refractivity contribution in [3.8, 4) is 0 Å². The van der Waals surface area contributed by atoms with Crippen molar-refractivity contribution < 1.29 is 19.4 Å². The highest BCUT2D eigenvalue weighted by atomic mass is 16.5. The van der Waals surface area contributed by atoms with Crippen LogP contribution in [-0.2, 0) is 20.7 Å². The van der Waals surface area contributed by atoms with Crippen LogP contribution in [0.15, 0.2) is 0 Å². The largest absolute Gasteiger partial charge is 0.479 e. The Morgan fingerprint density at radius 2 is 2.20 bits per heavy atom. The molecule has 1 aromatic heterocycles. The van der Waals surface area contributed by atoms with Gasteiger partial charge < -0.3 is 14.7 Å². The lowest BCUT2D eigenvalue weighted by Crippen LogP contribution is -2.44. The fourth-order valence-corrected chi connectivity index (χ4v) is 2.52. The van der Waals surface area contributed by atoms with Gasteiger partial charge in [-0.15, -0.1) is 0 Å². The highest BCUT2D eigenvalue weighted by Gasteiger charge is 2.46. The summed E-state index contributed by atoms with van der Waals surface area (Å²) in [7, 11) is 1.37. The number of nitrogens with zero attached hydrogens (tertiary/aromatic N) is 2. The molecule has 7 heteroatoms. The lowest BCUT2D eigenvalue weighted by atomic mass is 10.0. The van der Waals surface area contributed by atoms with Crippen molar-refractivity contribution in [1.82, 2.24) is 15.1 Å². The van der Waals surface area contributed by atoms with Gasteiger partial charge >= 0.3 is 5.97 Å². The van der Waals surface area contributed by atoms with Crippen LogP contribution in [-0.4, -0.2) is 57.9 Å². The van der Waals surface area contributed by atoms with E-state index in [9.17, 15) is 14.7 Å². The van der Waals surface area contributed by atoms with Crippen LogP contribution in [0.3, 0.4) is 0 Å². The number of carbonyl (C=O) groups is 2. The first-order chi connectivity index (χ1) is 9.39. The van der Waals surface area contributed by atoms with E-state index < -0.39 is 11.6 Å². The third-order valence-electron chi connectivity index (χ3n) is 3.97. The molecular weight excluding hydrogens is 262 g/mol. The number of aliphatic carboxylic acids is 1. The van der Waals surface area contributed by atoms with Gasteiger partial charge in [0, 0.05) is 31.3 Å². The zero-order valence-electron chi connectivity index (χ0n) is 11.9. The van der Waals surface area contributed by atoms with Crippen LogP contribution in [0, 0.1) is 13.8 Å². The minimum atomic E-state index is -1.27. The molecule has 1 amide bonds. The summed E-state index contributed by atoms with van der Waals surface area (Å²) in [4.78, 5) is 25.1. The highest BCUT2D eigenvalue weighted by molar-refractivity contribution is 5.83. The molecule has 2 rings (SSSR count). The highest BCUT2D eigenvalue weighted by Crippen LogP contribution is 2.26. The number of hydrogen-bond acceptors (Lipinski definition) is 4. The third kappa shape index (κ3) is 2.40. The minimum absolute atomic E-state index is 0.0909. The number of carbonyl (C=O) groups excluding carboxylic acids is 1. The molecule has 1 fully saturated rings. The Labute approximate surface area is 116 Å². The third-order valence-corrected chi connectivity index (χ3v) is 3.97. The van der Waals surface area contributed by atoms with Crippen molar-refractivity contribution >= 4 is 11.9 Å². The molecular formula is C13H19N3O4. The number of methoxy groups -OCH3 is 1. The Bertz CT molecular complexity index is 520. The second-order valence-corrected chi connectivity index (χ2v) is 5.16. The molecule has 0 bridgehead atoms. The van der Waals surface area contributed by atoms with Crippen molar-refractivity contribution in [2.45, 2.75) is 32.3 Å². The quantitative estimate of drug-likeness (QED) is 0.826. The van der Waals surface area contributed by atoms with Gasteiger partial charge in [-0.1, -0.05) is 0 Å². The molecule has 1 aromatic rings. The smallest absolute Gasteiger partial charge is 0.337 e. The average Bonchev–Trinajstić information content (AvgIpc) is 2.98. The second-order valence-electron chi connectivity index (χ2n) is 5.16. The van der Waals surface area contributed by atoms with E-state index in [1.807, 2.05) is 13.8 Å². The number of aromatic nitrogens is 2. The van der Waals surface area contributed by atoms with E-state index in [2.05, 4.69) is 10.2 Å². The predicted molar refractivity (Wildman–Crippen MR) is 70.3 cm³/mol. The Kier molecular flexibility index (Phi) is 3.80. The molecule has 20 heavy (non-hydrogen) atoms. The molecule has 2 heterocycles. The van der Waals surface area contributed by atoms with Gasteiger partial charge in [-0.25, -0.2) is 4.79 Å². The van der Waals surface area contributed by atoms with E-state index in [1.165, 1.54) is 7.11 Å². The molecule has 0 radical (unpaired) electrons. The van der Waals surface area contributed by atoms with Crippen LogP contribution in [0.1, 0.15) is 23.4 Å². The number of ether oxygens (including phenoxy) is 1. The minimum Gasteiger partial charge on any atom is -0.479 e. The van der Waals surface area contributed by atoms with E-state index in [1.54, 1.807) is 4.90 Å². The summed E-state index contributed by atoms with van der Waals surface area (Å²) in [5.41, 5.74) is 1.27. The van der Waals surface area contributed by atoms with E-state index in [0.717, 1.165) is 17.0 Å². The number of likely N-dealkylation sites (tertiary alicyclic amines) is 1. The van der Waals surface area contributed by atoms with Crippen LogP contribution in [0.4, 0.5) is 0 Å². The lowest BCUT2D eigenvalue weighted by Gasteiger charge is -2.23. The predicted octanol–water partition coefficient (Wildman–Crippen LogP) is 0.271. The van der Waals surface area contributed by atoms with Gasteiger partial charge in [-0.05, 0) is 13.8 Å². The molecule has 1 atom stereocenters. The molecule has 0 saturated carbocycles. The van der Waals surface area contributed by atoms with Crippen LogP contribution in [0.2, 0.25) is 0 Å². The number of H-pyrrole nitrogens is 1. The molecule has 2 N–H and O–H groups in total. The van der Waals surface area contributed by atoms with Gasteiger partial charge in [-0.2, -0.15) is 5.10 Å². The maximum atomic E-state index is 12.3. The van der Waals surface area contributed by atoms with Crippen LogP contribution in [0.5, 0.6) is 0 Å². The number of amides is 1. The Balaban J connectivity index is 2.07. The lowest BCUT2D eigenvalue weighted by molar-refractivity contribution is -0.160. The maximum Gasteiger partial charge on any atom is 0.337 e. The van der Waals surface area contributed by atoms with Crippen molar-refractivity contribution in [3.63, 3.8) is 0 Å². The first-order valence-corrected chi connectivity index (χ1v) is 6.46. The zero-order chi connectivity index (χ0) is 14.9. The molecule has 0 spiro atoms. The first kappa shape index (κ1) is 14.5. The molecule has 1 aliphatic rings. The maximum absolute atomic E-state index is 12.3. The van der Waals surface area contributed by atoms with Gasteiger partial charge in [-0.3, -0.25) is 9.89 Å². The second kappa shape index (κ2) is 5.24. The zero-order valence-corrected chi connectivity index (χ0v) is 11.9.